The van der Waals surface area contributed by atoms with Crippen LogP contribution in [0.4, 0.5) is 0 Å². The van der Waals surface area contributed by atoms with Crippen molar-refractivity contribution < 1.29 is 4.74 Å². The third kappa shape index (κ3) is 3.89. The van der Waals surface area contributed by atoms with E-state index in [-0.39, 0.29) is 6.10 Å². The lowest BCUT2D eigenvalue weighted by Crippen LogP contribution is -2.40. The lowest BCUT2D eigenvalue weighted by atomic mass is 10.00. The Balaban J connectivity index is 2.65. The molecule has 1 aromatic carbocycles. The fourth-order valence-electron chi connectivity index (χ4n) is 1.91. The third-order valence-corrected chi connectivity index (χ3v) is 3.42. The van der Waals surface area contributed by atoms with Gasteiger partial charge in [-0.1, -0.05) is 35.0 Å². The lowest BCUT2D eigenvalue weighted by Gasteiger charge is -2.24. The zero-order valence-electron chi connectivity index (χ0n) is 10.2. The minimum absolute atomic E-state index is 0.272. The maximum Gasteiger partial charge on any atom is 0.0724 e. The van der Waals surface area contributed by atoms with Crippen molar-refractivity contribution in [2.75, 3.05) is 14.2 Å². The van der Waals surface area contributed by atoms with Crippen LogP contribution in [0.2, 0.25) is 0 Å². The van der Waals surface area contributed by atoms with Crippen molar-refractivity contribution in [1.82, 2.24) is 5.32 Å². The Kier molecular flexibility index (Phi) is 6.03. The number of ether oxygens (including phenoxy) is 1. The molecule has 0 heterocycles. The molecule has 0 spiro atoms. The highest BCUT2D eigenvalue weighted by Crippen LogP contribution is 2.14. The van der Waals surface area contributed by atoms with Crippen LogP contribution < -0.4 is 5.32 Å². The molecule has 0 aliphatic rings. The maximum atomic E-state index is 5.48. The van der Waals surface area contributed by atoms with Gasteiger partial charge in [0, 0.05) is 17.6 Å². The molecule has 1 aromatic rings. The Labute approximate surface area is 107 Å². The summed E-state index contributed by atoms with van der Waals surface area (Å²) in [5, 5.41) is 3.33. The van der Waals surface area contributed by atoms with Gasteiger partial charge in [0.15, 0.2) is 0 Å². The number of benzene rings is 1. The van der Waals surface area contributed by atoms with Gasteiger partial charge in [-0.25, -0.2) is 0 Å². The molecule has 0 amide bonds. The summed E-state index contributed by atoms with van der Waals surface area (Å²) >= 11 is 3.44. The average molecular weight is 286 g/mol. The van der Waals surface area contributed by atoms with Crippen LogP contribution in [0, 0.1) is 0 Å². The molecular formula is C13H20BrNO. The van der Waals surface area contributed by atoms with Crippen molar-refractivity contribution in [2.24, 2.45) is 0 Å². The van der Waals surface area contributed by atoms with Crippen LogP contribution in [0.15, 0.2) is 28.7 Å². The number of rotatable bonds is 6. The largest absolute Gasteiger partial charge is 0.380 e. The molecule has 0 radical (unpaired) electrons. The van der Waals surface area contributed by atoms with Gasteiger partial charge >= 0.3 is 0 Å². The molecule has 2 nitrogen and oxygen atoms in total. The third-order valence-electron chi connectivity index (χ3n) is 2.89. The quantitative estimate of drug-likeness (QED) is 0.868. The van der Waals surface area contributed by atoms with Crippen molar-refractivity contribution in [3.8, 4) is 0 Å². The van der Waals surface area contributed by atoms with E-state index in [9.17, 15) is 0 Å². The van der Waals surface area contributed by atoms with E-state index in [1.54, 1.807) is 7.11 Å². The van der Waals surface area contributed by atoms with Crippen LogP contribution in [-0.4, -0.2) is 26.3 Å². The number of methoxy groups -OCH3 is 1. The van der Waals surface area contributed by atoms with Gasteiger partial charge in [-0.3, -0.25) is 0 Å². The second-order valence-corrected chi connectivity index (χ2v) is 4.82. The van der Waals surface area contributed by atoms with Gasteiger partial charge in [0.2, 0.25) is 0 Å². The van der Waals surface area contributed by atoms with E-state index in [4.69, 9.17) is 4.74 Å². The van der Waals surface area contributed by atoms with Crippen molar-refractivity contribution in [2.45, 2.75) is 31.9 Å². The monoisotopic (exact) mass is 285 g/mol. The summed E-state index contributed by atoms with van der Waals surface area (Å²) < 4.78 is 6.60. The fraction of sp³-hybridized carbons (Fsp3) is 0.538. The van der Waals surface area contributed by atoms with Gasteiger partial charge in [-0.05, 0) is 37.6 Å². The van der Waals surface area contributed by atoms with E-state index in [0.29, 0.717) is 6.04 Å². The zero-order chi connectivity index (χ0) is 12.0. The second kappa shape index (κ2) is 7.05. The van der Waals surface area contributed by atoms with E-state index in [2.05, 4.69) is 52.4 Å². The van der Waals surface area contributed by atoms with Gasteiger partial charge in [0.25, 0.3) is 0 Å². The second-order valence-electron chi connectivity index (χ2n) is 3.91. The Bertz CT molecular complexity index is 295. The van der Waals surface area contributed by atoms with Crippen LogP contribution in [0.25, 0.3) is 0 Å². The molecule has 0 saturated heterocycles. The maximum absolute atomic E-state index is 5.48. The molecule has 0 aliphatic carbocycles. The summed E-state index contributed by atoms with van der Waals surface area (Å²) in [6.45, 7) is 2.15. The average Bonchev–Trinajstić information content (AvgIpc) is 2.32. The minimum Gasteiger partial charge on any atom is -0.380 e. The normalized spacial score (nSPS) is 14.8. The van der Waals surface area contributed by atoms with E-state index >= 15 is 0 Å². The van der Waals surface area contributed by atoms with Gasteiger partial charge in [0.1, 0.15) is 0 Å². The number of hydrogen-bond donors (Lipinski definition) is 1. The standard InChI is InChI=1S/C13H20BrNO/c1-4-13(16-3)12(15-2)9-10-5-7-11(14)8-6-10/h5-8,12-13,15H,4,9H2,1-3H3. The predicted molar refractivity (Wildman–Crippen MR) is 71.8 cm³/mol. The van der Waals surface area contributed by atoms with E-state index < -0.39 is 0 Å². The van der Waals surface area contributed by atoms with Crippen LogP contribution in [0.1, 0.15) is 18.9 Å². The predicted octanol–water partition coefficient (Wildman–Crippen LogP) is 3.00. The number of likely N-dealkylation sites (N-methyl/N-ethyl adjacent to an activating group) is 1. The molecule has 90 valence electrons. The highest BCUT2D eigenvalue weighted by molar-refractivity contribution is 9.10. The number of hydrogen-bond acceptors (Lipinski definition) is 2. The van der Waals surface area contributed by atoms with Crippen molar-refractivity contribution >= 4 is 15.9 Å². The minimum atomic E-state index is 0.272. The first-order valence-corrected chi connectivity index (χ1v) is 6.45. The molecule has 0 aromatic heterocycles. The molecule has 16 heavy (non-hydrogen) atoms. The Morgan fingerprint density at radius 2 is 1.94 bits per heavy atom. The van der Waals surface area contributed by atoms with Crippen LogP contribution in [0.5, 0.6) is 0 Å². The number of nitrogens with one attached hydrogen (secondary N) is 1. The Morgan fingerprint density at radius 3 is 2.38 bits per heavy atom. The Hall–Kier alpha value is -0.380. The summed E-state index contributed by atoms with van der Waals surface area (Å²) in [5.74, 6) is 0. The Morgan fingerprint density at radius 1 is 1.31 bits per heavy atom. The summed E-state index contributed by atoms with van der Waals surface area (Å²) in [5.41, 5.74) is 1.33. The van der Waals surface area contributed by atoms with E-state index in [0.717, 1.165) is 17.3 Å². The van der Waals surface area contributed by atoms with E-state index in [1.807, 2.05) is 7.05 Å². The molecule has 0 aliphatic heterocycles. The SMILES string of the molecule is CCC(OC)C(Cc1ccc(Br)cc1)NC. The van der Waals surface area contributed by atoms with Crippen LogP contribution in [0.3, 0.4) is 0 Å². The topological polar surface area (TPSA) is 21.3 Å². The number of halogens is 1. The first-order valence-electron chi connectivity index (χ1n) is 5.65. The van der Waals surface area contributed by atoms with Gasteiger partial charge in [-0.15, -0.1) is 0 Å². The summed E-state index contributed by atoms with van der Waals surface area (Å²) in [6.07, 6.45) is 2.29. The van der Waals surface area contributed by atoms with Crippen molar-refractivity contribution in [3.05, 3.63) is 34.3 Å². The summed E-state index contributed by atoms with van der Waals surface area (Å²) in [7, 11) is 3.77. The molecule has 0 fully saturated rings. The highest BCUT2D eigenvalue weighted by Gasteiger charge is 2.17. The van der Waals surface area contributed by atoms with Crippen molar-refractivity contribution in [3.63, 3.8) is 0 Å². The zero-order valence-corrected chi connectivity index (χ0v) is 11.8. The molecule has 0 bridgehead atoms. The van der Waals surface area contributed by atoms with Gasteiger partial charge in [0.05, 0.1) is 6.10 Å². The van der Waals surface area contributed by atoms with Gasteiger partial charge in [-0.2, -0.15) is 0 Å². The van der Waals surface area contributed by atoms with Gasteiger partial charge < -0.3 is 10.1 Å². The van der Waals surface area contributed by atoms with E-state index in [1.165, 1.54) is 5.56 Å². The summed E-state index contributed by atoms with van der Waals surface area (Å²) in [6, 6.07) is 8.83. The lowest BCUT2D eigenvalue weighted by molar-refractivity contribution is 0.0678. The van der Waals surface area contributed by atoms with Crippen LogP contribution in [-0.2, 0) is 11.2 Å². The first-order chi connectivity index (χ1) is 7.71. The molecule has 1 rings (SSSR count). The smallest absolute Gasteiger partial charge is 0.0724 e. The molecule has 1 N–H and O–H groups in total. The summed E-state index contributed by atoms with van der Waals surface area (Å²) in [4.78, 5) is 0. The molecule has 2 atom stereocenters. The first kappa shape index (κ1) is 13.7. The molecule has 0 saturated carbocycles. The molecule has 2 unspecified atom stereocenters. The molecular weight excluding hydrogens is 266 g/mol. The van der Waals surface area contributed by atoms with Crippen LogP contribution >= 0.6 is 15.9 Å². The molecule has 3 heteroatoms. The highest BCUT2D eigenvalue weighted by atomic mass is 79.9. The van der Waals surface area contributed by atoms with Crippen molar-refractivity contribution in [1.29, 1.82) is 0 Å². The fourth-order valence-corrected chi connectivity index (χ4v) is 2.17.